The molecule has 0 heterocycles. The van der Waals surface area contributed by atoms with Crippen LogP contribution in [0.15, 0.2) is 0 Å². The van der Waals surface area contributed by atoms with Gasteiger partial charge in [-0.05, 0) is 6.42 Å². The Balaban J connectivity index is 3.53. The van der Waals surface area contributed by atoms with E-state index in [0.717, 1.165) is 0 Å². The highest BCUT2D eigenvalue weighted by molar-refractivity contribution is 5.83. The predicted octanol–water partition coefficient (Wildman–Crippen LogP) is 2.96. The summed E-state index contributed by atoms with van der Waals surface area (Å²) in [6, 6.07) is 0. The molecule has 5 heteroatoms. The summed E-state index contributed by atoms with van der Waals surface area (Å²) in [5.41, 5.74) is -0.427. The molecule has 0 aliphatic rings. The number of rotatable bonds is 5. The van der Waals surface area contributed by atoms with Gasteiger partial charge in [-0.25, -0.2) is 0 Å². The highest BCUT2D eigenvalue weighted by atomic mass is 19.4. The molecule has 90 valence electrons. The second-order valence-corrected chi connectivity index (χ2v) is 4.44. The molecule has 0 aliphatic carbocycles. The number of carbonyl (C=O) groups is 1. The van der Waals surface area contributed by atoms with Crippen molar-refractivity contribution in [2.24, 2.45) is 5.41 Å². The fourth-order valence-electron chi connectivity index (χ4n) is 0.898. The van der Waals surface area contributed by atoms with Crippen molar-refractivity contribution in [3.63, 3.8) is 0 Å². The third-order valence-electron chi connectivity index (χ3n) is 1.79. The Labute approximate surface area is 87.8 Å². The van der Waals surface area contributed by atoms with Crippen molar-refractivity contribution in [3.8, 4) is 0 Å². The minimum absolute atomic E-state index is 0.0265. The van der Waals surface area contributed by atoms with Crippen molar-refractivity contribution < 1.29 is 22.7 Å². The van der Waals surface area contributed by atoms with Gasteiger partial charge in [0.25, 0.3) is 0 Å². The van der Waals surface area contributed by atoms with Gasteiger partial charge < -0.3 is 4.74 Å². The van der Waals surface area contributed by atoms with Crippen LogP contribution in [0.25, 0.3) is 0 Å². The zero-order valence-corrected chi connectivity index (χ0v) is 9.28. The summed E-state index contributed by atoms with van der Waals surface area (Å²) >= 11 is 0. The molecule has 0 saturated carbocycles. The van der Waals surface area contributed by atoms with Crippen LogP contribution in [0.4, 0.5) is 13.2 Å². The van der Waals surface area contributed by atoms with Gasteiger partial charge in [0.05, 0.1) is 0 Å². The molecule has 0 aromatic carbocycles. The lowest BCUT2D eigenvalue weighted by atomic mass is 9.88. The Morgan fingerprint density at radius 3 is 2.13 bits per heavy atom. The van der Waals surface area contributed by atoms with Crippen molar-refractivity contribution in [1.29, 1.82) is 0 Å². The van der Waals surface area contributed by atoms with E-state index in [0.29, 0.717) is 6.42 Å². The average molecular weight is 226 g/mol. The molecule has 2 nitrogen and oxygen atoms in total. The molecular formula is C10H17F3O2. The molecule has 0 amide bonds. The van der Waals surface area contributed by atoms with E-state index in [9.17, 15) is 18.0 Å². The molecule has 0 bridgehead atoms. The fraction of sp³-hybridized carbons (Fsp3) is 0.900. The normalized spacial score (nSPS) is 12.9. The first-order chi connectivity index (χ1) is 6.63. The summed E-state index contributed by atoms with van der Waals surface area (Å²) in [7, 11) is 0. The number of hydrogen-bond donors (Lipinski definition) is 0. The molecule has 0 aromatic heterocycles. The average Bonchev–Trinajstić information content (AvgIpc) is 1.99. The lowest BCUT2D eigenvalue weighted by molar-refractivity contribution is -0.174. The molecule has 0 rings (SSSR count). The fourth-order valence-corrected chi connectivity index (χ4v) is 0.898. The summed E-state index contributed by atoms with van der Waals surface area (Å²) in [5, 5.41) is 0. The molecule has 0 radical (unpaired) electrons. The first kappa shape index (κ1) is 14.4. The van der Waals surface area contributed by atoms with Crippen molar-refractivity contribution in [2.45, 2.75) is 39.8 Å². The van der Waals surface area contributed by atoms with Gasteiger partial charge in [-0.3, -0.25) is 4.79 Å². The summed E-state index contributed by atoms with van der Waals surface area (Å²) < 4.78 is 39.3. The maximum absolute atomic E-state index is 11.6. The molecule has 0 atom stereocenters. The van der Waals surface area contributed by atoms with Crippen LogP contribution in [0.5, 0.6) is 0 Å². The summed E-state index contributed by atoms with van der Waals surface area (Å²) in [6.07, 6.45) is -3.68. The van der Waals surface area contributed by atoms with Crippen molar-refractivity contribution in [1.82, 2.24) is 0 Å². The standard InChI is InChI=1S/C10H17F3O2/c1-9(2,3)8(14)5-4-6-15-7-10(11,12)13/h4-7H2,1-3H3. The van der Waals surface area contributed by atoms with Crippen LogP contribution >= 0.6 is 0 Å². The molecule has 0 fully saturated rings. The van der Waals surface area contributed by atoms with E-state index in [1.54, 1.807) is 20.8 Å². The highest BCUT2D eigenvalue weighted by Crippen LogP contribution is 2.18. The number of ether oxygens (including phenoxy) is 1. The van der Waals surface area contributed by atoms with Crippen molar-refractivity contribution in [2.75, 3.05) is 13.2 Å². The van der Waals surface area contributed by atoms with Crippen LogP contribution in [0.2, 0.25) is 0 Å². The van der Waals surface area contributed by atoms with Crippen LogP contribution in [0.1, 0.15) is 33.6 Å². The predicted molar refractivity (Wildman–Crippen MR) is 50.6 cm³/mol. The maximum Gasteiger partial charge on any atom is 0.411 e. The van der Waals surface area contributed by atoms with Gasteiger partial charge in [-0.15, -0.1) is 0 Å². The molecule has 0 aromatic rings. The van der Waals surface area contributed by atoms with Gasteiger partial charge in [0.15, 0.2) is 0 Å². The van der Waals surface area contributed by atoms with Crippen LogP contribution < -0.4 is 0 Å². The SMILES string of the molecule is CC(C)(C)C(=O)CCCOCC(F)(F)F. The summed E-state index contributed by atoms with van der Waals surface area (Å²) in [6.45, 7) is 4.09. The van der Waals surface area contributed by atoms with E-state index in [4.69, 9.17) is 0 Å². The molecule has 15 heavy (non-hydrogen) atoms. The summed E-state index contributed by atoms with van der Waals surface area (Å²) in [4.78, 5) is 11.3. The Morgan fingerprint density at radius 1 is 1.20 bits per heavy atom. The third-order valence-corrected chi connectivity index (χ3v) is 1.79. The Bertz CT molecular complexity index is 204. The quantitative estimate of drug-likeness (QED) is 0.674. The van der Waals surface area contributed by atoms with Gasteiger partial charge in [0.2, 0.25) is 0 Å². The van der Waals surface area contributed by atoms with E-state index in [1.807, 2.05) is 0 Å². The second-order valence-electron chi connectivity index (χ2n) is 4.44. The number of halogens is 3. The molecule has 0 aliphatic heterocycles. The largest absolute Gasteiger partial charge is 0.411 e. The summed E-state index contributed by atoms with van der Waals surface area (Å²) in [5.74, 6) is 0.0399. The monoisotopic (exact) mass is 226 g/mol. The van der Waals surface area contributed by atoms with Crippen LogP contribution in [-0.2, 0) is 9.53 Å². The van der Waals surface area contributed by atoms with Gasteiger partial charge in [0.1, 0.15) is 12.4 Å². The highest BCUT2D eigenvalue weighted by Gasteiger charge is 2.27. The lowest BCUT2D eigenvalue weighted by Gasteiger charge is -2.16. The molecule has 0 spiro atoms. The Kier molecular flexibility index (Phi) is 5.28. The van der Waals surface area contributed by atoms with Gasteiger partial charge >= 0.3 is 6.18 Å². The van der Waals surface area contributed by atoms with E-state index in [1.165, 1.54) is 0 Å². The van der Waals surface area contributed by atoms with E-state index >= 15 is 0 Å². The number of Topliss-reactive ketones (excluding diaryl/α,β-unsaturated/α-hetero) is 1. The number of hydrogen-bond acceptors (Lipinski definition) is 2. The number of carbonyl (C=O) groups excluding carboxylic acids is 1. The minimum Gasteiger partial charge on any atom is -0.372 e. The van der Waals surface area contributed by atoms with Crippen LogP contribution in [0, 0.1) is 5.41 Å². The maximum atomic E-state index is 11.6. The van der Waals surface area contributed by atoms with Gasteiger partial charge in [-0.2, -0.15) is 13.2 Å². The molecule has 0 saturated heterocycles. The van der Waals surface area contributed by atoms with Gasteiger partial charge in [0, 0.05) is 18.4 Å². The number of ketones is 1. The van der Waals surface area contributed by atoms with Crippen molar-refractivity contribution in [3.05, 3.63) is 0 Å². The zero-order valence-electron chi connectivity index (χ0n) is 9.28. The third kappa shape index (κ3) is 8.42. The van der Waals surface area contributed by atoms with E-state index in [-0.39, 0.29) is 18.8 Å². The second kappa shape index (κ2) is 5.49. The Hall–Kier alpha value is -0.580. The van der Waals surface area contributed by atoms with Crippen LogP contribution in [-0.4, -0.2) is 25.2 Å². The van der Waals surface area contributed by atoms with E-state index in [2.05, 4.69) is 4.74 Å². The minimum atomic E-state index is -4.28. The first-order valence-corrected chi connectivity index (χ1v) is 4.81. The topological polar surface area (TPSA) is 26.3 Å². The molecule has 0 unspecified atom stereocenters. The smallest absolute Gasteiger partial charge is 0.372 e. The van der Waals surface area contributed by atoms with Crippen molar-refractivity contribution >= 4 is 5.78 Å². The molecular weight excluding hydrogens is 209 g/mol. The zero-order chi connectivity index (χ0) is 12.1. The molecule has 0 N–H and O–H groups in total. The Morgan fingerprint density at radius 2 is 1.73 bits per heavy atom. The first-order valence-electron chi connectivity index (χ1n) is 4.81. The van der Waals surface area contributed by atoms with Gasteiger partial charge in [-0.1, -0.05) is 20.8 Å². The van der Waals surface area contributed by atoms with Crippen LogP contribution in [0.3, 0.4) is 0 Å². The van der Waals surface area contributed by atoms with E-state index < -0.39 is 18.2 Å². The number of alkyl halides is 3. The lowest BCUT2D eigenvalue weighted by Crippen LogP contribution is -2.21.